The van der Waals surface area contributed by atoms with Crippen molar-refractivity contribution in [3.8, 4) is 5.75 Å². The van der Waals surface area contributed by atoms with E-state index in [0.717, 1.165) is 0 Å². The van der Waals surface area contributed by atoms with E-state index in [0.29, 0.717) is 5.75 Å². The van der Waals surface area contributed by atoms with Crippen LogP contribution < -0.4 is 4.74 Å². The zero-order chi connectivity index (χ0) is 9.03. The van der Waals surface area contributed by atoms with Gasteiger partial charge in [0, 0.05) is 10.7 Å². The molecule has 5 heteroatoms. The molecule has 0 radical (unpaired) electrons. The van der Waals surface area contributed by atoms with Gasteiger partial charge in [-0.2, -0.15) is 0 Å². The molecule has 0 amide bonds. The smallest absolute Gasteiger partial charge is 0.267 e. The van der Waals surface area contributed by atoms with E-state index < -0.39 is 15.0 Å². The van der Waals surface area contributed by atoms with E-state index in [1.54, 1.807) is 24.3 Å². The highest BCUT2D eigenvalue weighted by Gasteiger charge is 2.04. The fraction of sp³-hybridized carbons (Fsp3) is 0.143. The maximum Gasteiger partial charge on any atom is 0.267 e. The fourth-order valence-electron chi connectivity index (χ4n) is 0.655. The van der Waals surface area contributed by atoms with Crippen molar-refractivity contribution in [3.63, 3.8) is 0 Å². The largest absolute Gasteiger partial charge is 0.476 e. The van der Waals surface area contributed by atoms with E-state index in [9.17, 15) is 8.42 Å². The normalized spacial score (nSPS) is 11.1. The molecule has 12 heavy (non-hydrogen) atoms. The van der Waals surface area contributed by atoms with E-state index in [1.807, 2.05) is 6.07 Å². The molecule has 0 aliphatic rings. The lowest BCUT2D eigenvalue weighted by Crippen LogP contribution is -2.04. The highest BCUT2D eigenvalue weighted by Crippen LogP contribution is 2.09. The SMILES string of the molecule is O=S(=O)(Cl)COc1ccccc1. The number of rotatable bonds is 3. The number of halogens is 1. The lowest BCUT2D eigenvalue weighted by molar-refractivity contribution is 0.380. The molecular weight excluding hydrogens is 200 g/mol. The second kappa shape index (κ2) is 3.78. The Bertz CT molecular complexity index is 333. The van der Waals surface area contributed by atoms with Crippen molar-refractivity contribution in [2.24, 2.45) is 0 Å². The predicted molar refractivity (Wildman–Crippen MR) is 46.7 cm³/mol. The number of hydrogen-bond donors (Lipinski definition) is 0. The van der Waals surface area contributed by atoms with Crippen molar-refractivity contribution in [3.05, 3.63) is 30.3 Å². The van der Waals surface area contributed by atoms with E-state index in [4.69, 9.17) is 15.4 Å². The zero-order valence-corrected chi connectivity index (χ0v) is 7.68. The van der Waals surface area contributed by atoms with Crippen LogP contribution in [0.3, 0.4) is 0 Å². The lowest BCUT2D eigenvalue weighted by Gasteiger charge is -2.01. The molecule has 0 saturated carbocycles. The van der Waals surface area contributed by atoms with E-state index in [2.05, 4.69) is 0 Å². The third kappa shape index (κ3) is 3.59. The van der Waals surface area contributed by atoms with Crippen molar-refractivity contribution < 1.29 is 13.2 Å². The van der Waals surface area contributed by atoms with Gasteiger partial charge in [0.15, 0.2) is 0 Å². The van der Waals surface area contributed by atoms with E-state index in [-0.39, 0.29) is 0 Å². The van der Waals surface area contributed by atoms with Crippen LogP contribution in [0, 0.1) is 0 Å². The van der Waals surface area contributed by atoms with Crippen molar-refractivity contribution in [1.82, 2.24) is 0 Å². The summed E-state index contributed by atoms with van der Waals surface area (Å²) < 4.78 is 25.7. The van der Waals surface area contributed by atoms with Gasteiger partial charge in [0.05, 0.1) is 0 Å². The molecule has 0 aliphatic heterocycles. The Kier molecular flexibility index (Phi) is 2.94. The Morgan fingerprint density at radius 2 is 1.83 bits per heavy atom. The summed E-state index contributed by atoms with van der Waals surface area (Å²) in [6.07, 6.45) is 0. The number of hydrogen-bond acceptors (Lipinski definition) is 3. The quantitative estimate of drug-likeness (QED) is 0.706. The topological polar surface area (TPSA) is 43.4 Å². The van der Waals surface area contributed by atoms with Crippen LogP contribution in [-0.4, -0.2) is 14.4 Å². The lowest BCUT2D eigenvalue weighted by atomic mass is 10.3. The van der Waals surface area contributed by atoms with Crippen molar-refractivity contribution in [2.75, 3.05) is 5.94 Å². The van der Waals surface area contributed by atoms with Crippen molar-refractivity contribution >= 4 is 19.7 Å². The van der Waals surface area contributed by atoms with Crippen LogP contribution in [0.2, 0.25) is 0 Å². The molecule has 1 rings (SSSR count). The van der Waals surface area contributed by atoms with Crippen LogP contribution in [0.1, 0.15) is 0 Å². The monoisotopic (exact) mass is 206 g/mol. The average Bonchev–Trinajstić information content (AvgIpc) is 2.02. The molecule has 1 aromatic rings. The van der Waals surface area contributed by atoms with Gasteiger partial charge in [-0.1, -0.05) is 18.2 Å². The molecular formula is C7H7ClO3S. The van der Waals surface area contributed by atoms with Crippen LogP contribution in [0.4, 0.5) is 0 Å². The zero-order valence-electron chi connectivity index (χ0n) is 6.10. The molecule has 0 atom stereocenters. The van der Waals surface area contributed by atoms with Crippen LogP contribution in [0.15, 0.2) is 30.3 Å². The minimum Gasteiger partial charge on any atom is -0.476 e. The molecule has 0 fully saturated rings. The Hall–Kier alpha value is -0.740. The first-order chi connectivity index (χ1) is 5.58. The standard InChI is InChI=1S/C7H7ClO3S/c8-12(9,10)6-11-7-4-2-1-3-5-7/h1-5H,6H2. The summed E-state index contributed by atoms with van der Waals surface area (Å²) in [7, 11) is 1.36. The fourth-order valence-corrected chi connectivity index (χ4v) is 1.07. The average molecular weight is 207 g/mol. The first-order valence-corrected chi connectivity index (χ1v) is 5.66. The summed E-state index contributed by atoms with van der Waals surface area (Å²) in [4.78, 5) is 0. The molecule has 0 unspecified atom stereocenters. The Balaban J connectivity index is 2.56. The third-order valence-electron chi connectivity index (χ3n) is 1.11. The summed E-state index contributed by atoms with van der Waals surface area (Å²) in [6, 6.07) is 8.61. The summed E-state index contributed by atoms with van der Waals surface area (Å²) in [5.41, 5.74) is 0. The molecule has 0 aliphatic carbocycles. The molecule has 3 nitrogen and oxygen atoms in total. The van der Waals surface area contributed by atoms with E-state index in [1.165, 1.54) is 0 Å². The summed E-state index contributed by atoms with van der Waals surface area (Å²) in [5.74, 6) is -0.0137. The van der Waals surface area contributed by atoms with E-state index >= 15 is 0 Å². The van der Waals surface area contributed by atoms with Gasteiger partial charge in [0.25, 0.3) is 9.05 Å². The van der Waals surface area contributed by atoms with Crippen molar-refractivity contribution in [2.45, 2.75) is 0 Å². The Morgan fingerprint density at radius 1 is 1.25 bits per heavy atom. The molecule has 1 aromatic carbocycles. The second-order valence-electron chi connectivity index (χ2n) is 2.11. The van der Waals surface area contributed by atoms with Gasteiger partial charge in [-0.3, -0.25) is 0 Å². The predicted octanol–water partition coefficient (Wildman–Crippen LogP) is 1.59. The molecule has 0 aromatic heterocycles. The van der Waals surface area contributed by atoms with Crippen molar-refractivity contribution in [1.29, 1.82) is 0 Å². The van der Waals surface area contributed by atoms with Gasteiger partial charge >= 0.3 is 0 Å². The summed E-state index contributed by atoms with van der Waals surface area (Å²) in [6.45, 7) is 0. The van der Waals surface area contributed by atoms with Gasteiger partial charge in [0.1, 0.15) is 5.75 Å². The first-order valence-electron chi connectivity index (χ1n) is 3.18. The van der Waals surface area contributed by atoms with Crippen LogP contribution in [0.25, 0.3) is 0 Å². The molecule has 0 spiro atoms. The van der Waals surface area contributed by atoms with Gasteiger partial charge in [-0.15, -0.1) is 0 Å². The maximum absolute atomic E-state index is 10.4. The van der Waals surface area contributed by atoms with Gasteiger partial charge in [-0.05, 0) is 12.1 Å². The van der Waals surface area contributed by atoms with Gasteiger partial charge < -0.3 is 4.74 Å². The second-order valence-corrected chi connectivity index (χ2v) is 4.84. The summed E-state index contributed by atoms with van der Waals surface area (Å²) in [5, 5.41) is 0. The summed E-state index contributed by atoms with van der Waals surface area (Å²) >= 11 is 0. The van der Waals surface area contributed by atoms with Crippen LogP contribution in [0.5, 0.6) is 5.75 Å². The number of para-hydroxylation sites is 1. The minimum absolute atomic E-state index is 0.488. The molecule has 0 bridgehead atoms. The Morgan fingerprint density at radius 3 is 2.33 bits per heavy atom. The molecule has 0 N–H and O–H groups in total. The van der Waals surface area contributed by atoms with Crippen LogP contribution >= 0.6 is 10.7 Å². The highest BCUT2D eigenvalue weighted by atomic mass is 35.7. The first kappa shape index (κ1) is 9.35. The number of benzene rings is 1. The molecule has 66 valence electrons. The molecule has 0 heterocycles. The van der Waals surface area contributed by atoms with Gasteiger partial charge in [0.2, 0.25) is 5.94 Å². The maximum atomic E-state index is 10.4. The molecule has 0 saturated heterocycles. The minimum atomic E-state index is -3.57. The van der Waals surface area contributed by atoms with Gasteiger partial charge in [-0.25, -0.2) is 8.42 Å². The number of ether oxygens (including phenoxy) is 1. The third-order valence-corrected chi connectivity index (χ3v) is 1.78. The Labute approximate surface area is 75.3 Å². The highest BCUT2D eigenvalue weighted by molar-refractivity contribution is 8.13. The van der Waals surface area contributed by atoms with Crippen LogP contribution in [-0.2, 0) is 9.05 Å².